The highest BCUT2D eigenvalue weighted by Crippen LogP contribution is 2.33. The Kier molecular flexibility index (Phi) is 10.2. The van der Waals surface area contributed by atoms with E-state index in [0.717, 1.165) is 24.0 Å². The molecular weight excluding hydrogens is 560 g/mol. The van der Waals surface area contributed by atoms with E-state index >= 15 is 0 Å². The number of likely N-dealkylation sites (tertiary alicyclic amines) is 1. The van der Waals surface area contributed by atoms with Crippen molar-refractivity contribution in [2.45, 2.75) is 75.6 Å². The van der Waals surface area contributed by atoms with Crippen LogP contribution in [0.15, 0.2) is 23.2 Å². The molecule has 3 aliphatic rings. The molecular formula is C27H39F2N5O4S2. The highest BCUT2D eigenvalue weighted by molar-refractivity contribution is 8.22. The van der Waals surface area contributed by atoms with Gasteiger partial charge in [0.25, 0.3) is 0 Å². The van der Waals surface area contributed by atoms with Crippen LogP contribution in [-0.4, -0.2) is 89.9 Å². The standard InChI is InChI=1S/C27H39F2N5O4S2/c1-4-5-7-33-15-20(12-25(33)35)26(36)32-23(11-19-9-21(28)13-22(29)10-19)14-24-16-34(8-6-30-24)40(37,38)27-17(2)31-18(3)39-27/h9-10,13,17,20,23-24,27,30H,4-8,11-12,14-16H2,1-3H3,(H,32,36)/t17?,20?,23?,24-,27?/m0/s1. The summed E-state index contributed by atoms with van der Waals surface area (Å²) < 4.78 is 55.6. The molecule has 2 N–H and O–H groups in total. The fourth-order valence-corrected chi connectivity index (χ4v) is 9.34. The van der Waals surface area contributed by atoms with Crippen molar-refractivity contribution in [3.8, 4) is 0 Å². The average molecular weight is 600 g/mol. The van der Waals surface area contributed by atoms with Gasteiger partial charge in [0.2, 0.25) is 21.8 Å². The lowest BCUT2D eigenvalue weighted by Gasteiger charge is -2.36. The van der Waals surface area contributed by atoms with Crippen LogP contribution < -0.4 is 10.6 Å². The number of aliphatic imine (C=N–C) groups is 1. The SMILES string of the molecule is CCCCN1CC(C(=O)NC(Cc2cc(F)cc(F)c2)C[C@H]2CN(S(=O)(=O)C3SC(C)=NC3C)CCN2)CC1=O. The van der Waals surface area contributed by atoms with Crippen molar-refractivity contribution in [2.24, 2.45) is 10.9 Å². The summed E-state index contributed by atoms with van der Waals surface area (Å²) in [5, 5.41) is 7.11. The average Bonchev–Trinajstić information content (AvgIpc) is 3.43. The Morgan fingerprint density at radius 1 is 1.25 bits per heavy atom. The zero-order chi connectivity index (χ0) is 29.0. The lowest BCUT2D eigenvalue weighted by molar-refractivity contribution is -0.129. The molecule has 0 bridgehead atoms. The normalized spacial score (nSPS) is 26.7. The van der Waals surface area contributed by atoms with Gasteiger partial charge in [-0.2, -0.15) is 4.31 Å². The third-order valence-electron chi connectivity index (χ3n) is 7.62. The summed E-state index contributed by atoms with van der Waals surface area (Å²) in [5.41, 5.74) is 0.388. The number of piperazine rings is 1. The van der Waals surface area contributed by atoms with Gasteiger partial charge in [-0.05, 0) is 50.8 Å². The molecule has 2 fully saturated rings. The lowest BCUT2D eigenvalue weighted by Crippen LogP contribution is -2.56. The zero-order valence-corrected chi connectivity index (χ0v) is 24.9. The fourth-order valence-electron chi connectivity index (χ4n) is 5.67. The van der Waals surface area contributed by atoms with Gasteiger partial charge in [-0.25, -0.2) is 17.2 Å². The van der Waals surface area contributed by atoms with Crippen LogP contribution in [0.2, 0.25) is 0 Å². The predicted molar refractivity (Wildman–Crippen MR) is 152 cm³/mol. The van der Waals surface area contributed by atoms with Crippen LogP contribution >= 0.6 is 11.8 Å². The first-order valence-electron chi connectivity index (χ1n) is 13.9. The number of rotatable bonds is 11. The van der Waals surface area contributed by atoms with Crippen molar-refractivity contribution in [3.63, 3.8) is 0 Å². The van der Waals surface area contributed by atoms with E-state index in [-0.39, 0.29) is 43.3 Å². The quantitative estimate of drug-likeness (QED) is 0.405. The number of unbranched alkanes of at least 4 members (excludes halogenated alkanes) is 1. The summed E-state index contributed by atoms with van der Waals surface area (Å²) in [6, 6.07) is 2.11. The Morgan fingerprint density at radius 3 is 2.62 bits per heavy atom. The van der Waals surface area contributed by atoms with Crippen molar-refractivity contribution in [3.05, 3.63) is 35.4 Å². The topological polar surface area (TPSA) is 111 Å². The van der Waals surface area contributed by atoms with E-state index in [1.165, 1.54) is 28.2 Å². The van der Waals surface area contributed by atoms with E-state index < -0.39 is 38.2 Å². The van der Waals surface area contributed by atoms with Gasteiger partial charge in [0, 0.05) is 57.3 Å². The van der Waals surface area contributed by atoms with Gasteiger partial charge in [-0.15, -0.1) is 0 Å². The molecule has 5 atom stereocenters. The molecule has 2 saturated heterocycles. The molecule has 40 heavy (non-hydrogen) atoms. The van der Waals surface area contributed by atoms with Gasteiger partial charge in [0.1, 0.15) is 16.2 Å². The predicted octanol–water partition coefficient (Wildman–Crippen LogP) is 2.51. The number of nitrogens with one attached hydrogen (secondary N) is 2. The summed E-state index contributed by atoms with van der Waals surface area (Å²) in [6.07, 6.45) is 2.44. The van der Waals surface area contributed by atoms with Gasteiger partial charge in [-0.1, -0.05) is 25.1 Å². The molecule has 1 aromatic rings. The molecule has 1 aromatic carbocycles. The Bertz CT molecular complexity index is 1210. The minimum Gasteiger partial charge on any atom is -0.353 e. The van der Waals surface area contributed by atoms with Crippen LogP contribution in [0.4, 0.5) is 8.78 Å². The molecule has 9 nitrogen and oxygen atoms in total. The number of sulfonamides is 1. The first-order chi connectivity index (χ1) is 19.0. The second-order valence-electron chi connectivity index (χ2n) is 10.9. The van der Waals surface area contributed by atoms with E-state index in [0.29, 0.717) is 38.2 Å². The number of benzene rings is 1. The molecule has 0 aromatic heterocycles. The van der Waals surface area contributed by atoms with Crippen LogP contribution in [0.3, 0.4) is 0 Å². The number of amides is 2. The van der Waals surface area contributed by atoms with E-state index in [9.17, 15) is 26.8 Å². The van der Waals surface area contributed by atoms with E-state index in [1.54, 1.807) is 18.7 Å². The molecule has 222 valence electrons. The molecule has 2 amide bonds. The van der Waals surface area contributed by atoms with E-state index in [2.05, 4.69) is 15.6 Å². The molecule has 0 aliphatic carbocycles. The number of nitrogens with zero attached hydrogens (tertiary/aromatic N) is 3. The molecule has 13 heteroatoms. The highest BCUT2D eigenvalue weighted by Gasteiger charge is 2.42. The third kappa shape index (κ3) is 7.59. The van der Waals surface area contributed by atoms with Crippen LogP contribution in [0.25, 0.3) is 0 Å². The third-order valence-corrected chi connectivity index (χ3v) is 11.7. The Labute approximate surface area is 239 Å². The number of thioether (sulfide) groups is 1. The van der Waals surface area contributed by atoms with Crippen LogP contribution in [0.1, 0.15) is 52.0 Å². The summed E-state index contributed by atoms with van der Waals surface area (Å²) >= 11 is 1.26. The zero-order valence-electron chi connectivity index (χ0n) is 23.2. The van der Waals surface area contributed by atoms with Crippen molar-refractivity contribution in [2.75, 3.05) is 32.7 Å². The Balaban J connectivity index is 1.46. The minimum atomic E-state index is -3.63. The molecule has 0 spiro atoms. The van der Waals surface area contributed by atoms with Crippen LogP contribution in [-0.2, 0) is 26.0 Å². The number of carbonyl (C=O) groups excluding carboxylic acids is 2. The second kappa shape index (κ2) is 13.3. The Hall–Kier alpha value is -2.09. The maximum atomic E-state index is 14.0. The molecule has 0 saturated carbocycles. The highest BCUT2D eigenvalue weighted by atomic mass is 32.3. The van der Waals surface area contributed by atoms with Crippen LogP contribution in [0.5, 0.6) is 0 Å². The number of hydrogen-bond acceptors (Lipinski definition) is 7. The van der Waals surface area contributed by atoms with Gasteiger partial charge >= 0.3 is 0 Å². The van der Waals surface area contributed by atoms with Crippen molar-refractivity contribution < 1.29 is 26.8 Å². The minimum absolute atomic E-state index is 0.0506. The van der Waals surface area contributed by atoms with Gasteiger partial charge in [-0.3, -0.25) is 14.6 Å². The molecule has 4 rings (SSSR count). The monoisotopic (exact) mass is 599 g/mol. The van der Waals surface area contributed by atoms with Crippen molar-refractivity contribution in [1.82, 2.24) is 19.8 Å². The lowest BCUT2D eigenvalue weighted by atomic mass is 9.97. The number of carbonyl (C=O) groups is 2. The summed E-state index contributed by atoms with van der Waals surface area (Å²) in [6.45, 7) is 7.58. The van der Waals surface area contributed by atoms with Crippen LogP contribution in [0, 0.1) is 17.6 Å². The summed E-state index contributed by atoms with van der Waals surface area (Å²) in [4.78, 5) is 31.8. The second-order valence-corrected chi connectivity index (χ2v) is 14.6. The van der Waals surface area contributed by atoms with Gasteiger partial charge in [0.15, 0.2) is 0 Å². The van der Waals surface area contributed by atoms with Gasteiger partial charge < -0.3 is 15.5 Å². The molecule has 4 unspecified atom stereocenters. The molecule has 3 heterocycles. The Morgan fingerprint density at radius 2 is 1.98 bits per heavy atom. The smallest absolute Gasteiger partial charge is 0.229 e. The largest absolute Gasteiger partial charge is 0.353 e. The number of hydrogen-bond donors (Lipinski definition) is 2. The van der Waals surface area contributed by atoms with E-state index in [1.807, 2.05) is 6.92 Å². The van der Waals surface area contributed by atoms with Gasteiger partial charge in [0.05, 0.1) is 17.0 Å². The first-order valence-corrected chi connectivity index (χ1v) is 16.3. The maximum absolute atomic E-state index is 14.0. The first kappa shape index (κ1) is 30.9. The molecule has 3 aliphatic heterocycles. The van der Waals surface area contributed by atoms with Crippen molar-refractivity contribution in [1.29, 1.82) is 0 Å². The maximum Gasteiger partial charge on any atom is 0.229 e. The summed E-state index contributed by atoms with van der Waals surface area (Å²) in [5.74, 6) is -2.25. The molecule has 0 radical (unpaired) electrons. The summed E-state index contributed by atoms with van der Waals surface area (Å²) in [7, 11) is -3.63. The van der Waals surface area contributed by atoms with E-state index in [4.69, 9.17) is 0 Å². The number of halogens is 2. The fraction of sp³-hybridized carbons (Fsp3) is 0.667. The van der Waals surface area contributed by atoms with Crippen molar-refractivity contribution >= 4 is 38.6 Å².